The highest BCUT2D eigenvalue weighted by Gasteiger charge is 2.27. The largest absolute Gasteiger partial charge is 0.397 e. The molecule has 19 heavy (non-hydrogen) atoms. The Bertz CT molecular complexity index is 509. The summed E-state index contributed by atoms with van der Waals surface area (Å²) >= 11 is 0. The van der Waals surface area contributed by atoms with Crippen molar-refractivity contribution in [3.8, 4) is 0 Å². The van der Waals surface area contributed by atoms with Gasteiger partial charge in [-0.15, -0.1) is 0 Å². The smallest absolute Gasteiger partial charge is 0.252 e. The molecule has 1 rings (SSSR count). The third kappa shape index (κ3) is 3.37. The highest BCUT2D eigenvalue weighted by atomic mass is 16.2. The van der Waals surface area contributed by atoms with Gasteiger partial charge in [0.2, 0.25) is 5.91 Å². The molecule has 0 radical (unpaired) electrons. The molecule has 1 aromatic carbocycles. The van der Waals surface area contributed by atoms with Crippen LogP contribution in [-0.2, 0) is 4.79 Å². The number of carbonyl (C=O) groups is 2. The molecule has 5 N–H and O–H groups in total. The lowest BCUT2D eigenvalue weighted by Crippen LogP contribution is -2.53. The molecule has 0 fully saturated rings. The van der Waals surface area contributed by atoms with E-state index in [0.29, 0.717) is 11.3 Å². The lowest BCUT2D eigenvalue weighted by Gasteiger charge is -2.22. The van der Waals surface area contributed by atoms with Gasteiger partial charge in [-0.1, -0.05) is 0 Å². The summed E-state index contributed by atoms with van der Waals surface area (Å²) in [6, 6.07) is 4.97. The molecule has 6 heteroatoms. The van der Waals surface area contributed by atoms with E-state index in [1.807, 2.05) is 19.0 Å². The summed E-state index contributed by atoms with van der Waals surface area (Å²) in [6.07, 6.45) is 0. The molecular weight excluding hydrogens is 244 g/mol. The maximum absolute atomic E-state index is 12.0. The molecule has 0 aromatic heterocycles. The van der Waals surface area contributed by atoms with Crippen LogP contribution in [-0.4, -0.2) is 31.4 Å². The van der Waals surface area contributed by atoms with Crippen LogP contribution in [0.15, 0.2) is 18.2 Å². The summed E-state index contributed by atoms with van der Waals surface area (Å²) in [6.45, 7) is 3.09. The van der Waals surface area contributed by atoms with Crippen molar-refractivity contribution in [2.45, 2.75) is 19.4 Å². The van der Waals surface area contributed by atoms with Crippen molar-refractivity contribution < 1.29 is 9.59 Å². The first kappa shape index (κ1) is 14.8. The third-order valence-corrected chi connectivity index (χ3v) is 2.81. The molecule has 0 bridgehead atoms. The zero-order chi connectivity index (χ0) is 14.8. The third-order valence-electron chi connectivity index (χ3n) is 2.81. The Balaban J connectivity index is 2.96. The minimum absolute atomic E-state index is 0.387. The molecule has 0 aliphatic heterocycles. The molecule has 6 nitrogen and oxygen atoms in total. The van der Waals surface area contributed by atoms with Crippen molar-refractivity contribution in [1.29, 1.82) is 0 Å². The maximum Gasteiger partial charge on any atom is 0.252 e. The molecule has 0 atom stereocenters. The van der Waals surface area contributed by atoms with Gasteiger partial charge < -0.3 is 21.7 Å². The topological polar surface area (TPSA) is 101 Å². The van der Waals surface area contributed by atoms with Gasteiger partial charge in [-0.3, -0.25) is 9.59 Å². The number of hydrogen-bond acceptors (Lipinski definition) is 4. The van der Waals surface area contributed by atoms with Gasteiger partial charge in [-0.25, -0.2) is 0 Å². The SMILES string of the molecule is CN(C)c1ccc(C(=O)NC(C)(C)C(N)=O)cc1N. The average Bonchev–Trinajstić information content (AvgIpc) is 2.27. The number of nitrogens with zero attached hydrogens (tertiary/aromatic N) is 1. The molecule has 1 aromatic rings. The molecule has 0 spiro atoms. The summed E-state index contributed by atoms with van der Waals surface area (Å²) in [5, 5.41) is 2.57. The second-order valence-electron chi connectivity index (χ2n) is 5.11. The minimum Gasteiger partial charge on any atom is -0.397 e. The first-order valence-electron chi connectivity index (χ1n) is 5.84. The quantitative estimate of drug-likeness (QED) is 0.682. The van der Waals surface area contributed by atoms with Gasteiger partial charge in [-0.05, 0) is 32.0 Å². The lowest BCUT2D eigenvalue weighted by atomic mass is 10.0. The molecule has 0 aliphatic carbocycles. The van der Waals surface area contributed by atoms with Gasteiger partial charge in [0.25, 0.3) is 5.91 Å². The number of amides is 2. The Morgan fingerprint density at radius 3 is 2.26 bits per heavy atom. The van der Waals surface area contributed by atoms with E-state index < -0.39 is 11.4 Å². The highest BCUT2D eigenvalue weighted by molar-refractivity contribution is 5.99. The predicted molar refractivity (Wildman–Crippen MR) is 75.9 cm³/mol. The molecule has 0 saturated heterocycles. The van der Waals surface area contributed by atoms with Crippen molar-refractivity contribution >= 4 is 23.2 Å². The standard InChI is InChI=1S/C13H20N4O2/c1-13(2,12(15)19)16-11(18)8-5-6-10(17(3)4)9(14)7-8/h5-7H,14H2,1-4H3,(H2,15,19)(H,16,18). The van der Waals surface area contributed by atoms with Crippen LogP contribution in [0.2, 0.25) is 0 Å². The van der Waals surface area contributed by atoms with Gasteiger partial charge in [0.05, 0.1) is 11.4 Å². The van der Waals surface area contributed by atoms with Crippen LogP contribution in [0.4, 0.5) is 11.4 Å². The summed E-state index contributed by atoms with van der Waals surface area (Å²) in [5.41, 5.74) is 11.7. The first-order valence-corrected chi connectivity index (χ1v) is 5.84. The maximum atomic E-state index is 12.0. The van der Waals surface area contributed by atoms with Crippen molar-refractivity contribution in [3.63, 3.8) is 0 Å². The Labute approximate surface area is 112 Å². The van der Waals surface area contributed by atoms with Crippen LogP contribution < -0.4 is 21.7 Å². The van der Waals surface area contributed by atoms with E-state index in [1.54, 1.807) is 32.0 Å². The van der Waals surface area contributed by atoms with E-state index in [4.69, 9.17) is 11.5 Å². The van der Waals surface area contributed by atoms with Crippen LogP contribution in [0.3, 0.4) is 0 Å². The number of carbonyl (C=O) groups excluding carboxylic acids is 2. The molecule has 104 valence electrons. The second-order valence-corrected chi connectivity index (χ2v) is 5.11. The zero-order valence-corrected chi connectivity index (χ0v) is 11.7. The van der Waals surface area contributed by atoms with Gasteiger partial charge >= 0.3 is 0 Å². The van der Waals surface area contributed by atoms with Gasteiger partial charge in [0.15, 0.2) is 0 Å². The Hall–Kier alpha value is -2.24. The zero-order valence-electron chi connectivity index (χ0n) is 11.7. The van der Waals surface area contributed by atoms with E-state index >= 15 is 0 Å². The van der Waals surface area contributed by atoms with E-state index in [-0.39, 0.29) is 5.91 Å². The normalized spacial score (nSPS) is 10.9. The number of rotatable bonds is 4. The lowest BCUT2D eigenvalue weighted by molar-refractivity contribution is -0.122. The molecule has 2 amide bonds. The van der Waals surface area contributed by atoms with Gasteiger partial charge in [0, 0.05) is 19.7 Å². The van der Waals surface area contributed by atoms with Crippen LogP contribution >= 0.6 is 0 Å². The van der Waals surface area contributed by atoms with Gasteiger partial charge in [0.1, 0.15) is 5.54 Å². The average molecular weight is 264 g/mol. The molecule has 0 aliphatic rings. The number of hydrogen-bond donors (Lipinski definition) is 3. The molecule has 0 heterocycles. The number of nitrogens with one attached hydrogen (secondary N) is 1. The summed E-state index contributed by atoms with van der Waals surface area (Å²) in [4.78, 5) is 25.0. The fraction of sp³-hybridized carbons (Fsp3) is 0.385. The molecule has 0 saturated carbocycles. The summed E-state index contributed by atoms with van der Waals surface area (Å²) in [5.74, 6) is -0.987. The Kier molecular flexibility index (Phi) is 4.04. The number of primary amides is 1. The van der Waals surface area contributed by atoms with E-state index in [2.05, 4.69) is 5.32 Å². The minimum atomic E-state index is -1.11. The van der Waals surface area contributed by atoms with Crippen molar-refractivity contribution in [3.05, 3.63) is 23.8 Å². The first-order chi connectivity index (χ1) is 8.65. The Morgan fingerprint density at radius 1 is 1.26 bits per heavy atom. The molecule has 0 unspecified atom stereocenters. The summed E-state index contributed by atoms with van der Waals surface area (Å²) in [7, 11) is 3.73. The number of nitrogen functional groups attached to an aromatic ring is 1. The number of benzene rings is 1. The van der Waals surface area contributed by atoms with Crippen LogP contribution in [0.25, 0.3) is 0 Å². The van der Waals surface area contributed by atoms with Crippen molar-refractivity contribution in [2.24, 2.45) is 5.73 Å². The van der Waals surface area contributed by atoms with E-state index in [0.717, 1.165) is 5.69 Å². The Morgan fingerprint density at radius 2 is 1.84 bits per heavy atom. The van der Waals surface area contributed by atoms with Gasteiger partial charge in [-0.2, -0.15) is 0 Å². The fourth-order valence-electron chi connectivity index (χ4n) is 1.52. The highest BCUT2D eigenvalue weighted by Crippen LogP contribution is 2.22. The monoisotopic (exact) mass is 264 g/mol. The summed E-state index contributed by atoms with van der Waals surface area (Å²) < 4.78 is 0. The van der Waals surface area contributed by atoms with Crippen molar-refractivity contribution in [1.82, 2.24) is 5.32 Å². The van der Waals surface area contributed by atoms with E-state index in [1.165, 1.54) is 0 Å². The van der Waals surface area contributed by atoms with Crippen LogP contribution in [0.5, 0.6) is 0 Å². The van der Waals surface area contributed by atoms with Crippen LogP contribution in [0, 0.1) is 0 Å². The fourth-order valence-corrected chi connectivity index (χ4v) is 1.52. The number of anilines is 2. The predicted octanol–water partition coefficient (Wildman–Crippen LogP) is 0.329. The molecular formula is C13H20N4O2. The second kappa shape index (κ2) is 5.17. The van der Waals surface area contributed by atoms with Crippen molar-refractivity contribution in [2.75, 3.05) is 24.7 Å². The van der Waals surface area contributed by atoms with E-state index in [9.17, 15) is 9.59 Å². The van der Waals surface area contributed by atoms with Crippen LogP contribution in [0.1, 0.15) is 24.2 Å². The number of nitrogens with two attached hydrogens (primary N) is 2.